The van der Waals surface area contributed by atoms with Crippen LogP contribution in [0.1, 0.15) is 27.3 Å². The summed E-state index contributed by atoms with van der Waals surface area (Å²) in [6.45, 7) is 4.30. The molecule has 1 atom stereocenters. The van der Waals surface area contributed by atoms with Gasteiger partial charge in [-0.1, -0.05) is 11.6 Å². The first-order valence-corrected chi connectivity index (χ1v) is 10.1. The molecule has 2 amide bonds. The van der Waals surface area contributed by atoms with Crippen LogP contribution in [0, 0.1) is 0 Å². The van der Waals surface area contributed by atoms with Gasteiger partial charge >= 0.3 is 0 Å². The van der Waals surface area contributed by atoms with Gasteiger partial charge in [0.05, 0.1) is 0 Å². The predicted molar refractivity (Wildman–Crippen MR) is 107 cm³/mol. The molecule has 2 aliphatic rings. The summed E-state index contributed by atoms with van der Waals surface area (Å²) >= 11 is 11.7. The summed E-state index contributed by atoms with van der Waals surface area (Å²) in [6.07, 6.45) is 0.946. The van der Waals surface area contributed by atoms with Gasteiger partial charge in [-0.3, -0.25) is 14.5 Å². The van der Waals surface area contributed by atoms with E-state index < -0.39 is 0 Å². The molecule has 148 valence electrons. The van der Waals surface area contributed by atoms with Crippen molar-refractivity contribution in [1.82, 2.24) is 14.7 Å². The van der Waals surface area contributed by atoms with Crippen LogP contribution in [0.25, 0.3) is 0 Å². The van der Waals surface area contributed by atoms with Crippen molar-refractivity contribution in [2.75, 3.05) is 39.3 Å². The molecule has 0 unspecified atom stereocenters. The van der Waals surface area contributed by atoms with Crippen LogP contribution in [0.4, 0.5) is 0 Å². The fourth-order valence-electron chi connectivity index (χ4n) is 3.87. The van der Waals surface area contributed by atoms with E-state index in [-0.39, 0.29) is 22.8 Å². The number of rotatable bonds is 3. The normalized spacial score (nSPS) is 20.6. The molecule has 2 aromatic rings. The zero-order valence-corrected chi connectivity index (χ0v) is 16.8. The summed E-state index contributed by atoms with van der Waals surface area (Å²) in [5.41, 5.74) is 0.664. The van der Waals surface area contributed by atoms with Crippen molar-refractivity contribution in [3.05, 3.63) is 58.0 Å². The van der Waals surface area contributed by atoms with Crippen LogP contribution >= 0.6 is 23.2 Å². The Morgan fingerprint density at radius 3 is 2.21 bits per heavy atom. The summed E-state index contributed by atoms with van der Waals surface area (Å²) in [6, 6.07) is 10.5. The highest BCUT2D eigenvalue weighted by Gasteiger charge is 2.33. The van der Waals surface area contributed by atoms with Crippen molar-refractivity contribution in [2.45, 2.75) is 12.5 Å². The third-order valence-electron chi connectivity index (χ3n) is 5.44. The van der Waals surface area contributed by atoms with Crippen molar-refractivity contribution in [3.63, 3.8) is 0 Å². The van der Waals surface area contributed by atoms with Gasteiger partial charge in [-0.2, -0.15) is 0 Å². The number of amides is 2. The first-order valence-electron chi connectivity index (χ1n) is 9.35. The molecule has 2 fully saturated rings. The van der Waals surface area contributed by atoms with Crippen LogP contribution in [0.2, 0.25) is 10.2 Å². The first kappa shape index (κ1) is 19.3. The van der Waals surface area contributed by atoms with Crippen LogP contribution in [-0.2, 0) is 0 Å². The van der Waals surface area contributed by atoms with E-state index in [1.165, 1.54) is 0 Å². The minimum absolute atomic E-state index is 0.0441. The maximum absolute atomic E-state index is 12.7. The number of piperazine rings is 1. The van der Waals surface area contributed by atoms with E-state index in [2.05, 4.69) is 4.90 Å². The highest BCUT2D eigenvalue weighted by Crippen LogP contribution is 2.22. The molecule has 4 rings (SSSR count). The number of benzene rings is 1. The van der Waals surface area contributed by atoms with Crippen molar-refractivity contribution in [2.24, 2.45) is 0 Å². The van der Waals surface area contributed by atoms with E-state index in [4.69, 9.17) is 27.6 Å². The third kappa shape index (κ3) is 4.04. The topological polar surface area (TPSA) is 57.0 Å². The van der Waals surface area contributed by atoms with Gasteiger partial charge in [0.25, 0.3) is 11.8 Å². The van der Waals surface area contributed by atoms with Gasteiger partial charge in [-0.15, -0.1) is 0 Å². The Morgan fingerprint density at radius 1 is 0.857 bits per heavy atom. The number of hydrogen-bond donors (Lipinski definition) is 0. The second kappa shape index (κ2) is 8.15. The Bertz CT molecular complexity index is 860. The van der Waals surface area contributed by atoms with Crippen LogP contribution in [0.5, 0.6) is 0 Å². The van der Waals surface area contributed by atoms with Gasteiger partial charge < -0.3 is 14.2 Å². The maximum Gasteiger partial charge on any atom is 0.289 e. The average molecular weight is 422 g/mol. The second-order valence-corrected chi connectivity index (χ2v) is 7.94. The highest BCUT2D eigenvalue weighted by molar-refractivity contribution is 6.30. The molecule has 2 saturated heterocycles. The van der Waals surface area contributed by atoms with Crippen LogP contribution < -0.4 is 0 Å². The second-order valence-electron chi connectivity index (χ2n) is 7.13. The Balaban J connectivity index is 1.30. The molecule has 1 aromatic carbocycles. The summed E-state index contributed by atoms with van der Waals surface area (Å²) in [7, 11) is 0. The number of likely N-dealkylation sites (tertiary alicyclic amines) is 1. The monoisotopic (exact) mass is 421 g/mol. The highest BCUT2D eigenvalue weighted by atomic mass is 35.5. The van der Waals surface area contributed by atoms with Crippen molar-refractivity contribution < 1.29 is 14.0 Å². The van der Waals surface area contributed by atoms with Gasteiger partial charge in [-0.25, -0.2) is 0 Å². The SMILES string of the molecule is O=C(c1ccc(Cl)cc1)N1CC[C@@H](N2CCN(C(=O)c3ccc(Cl)o3)CC2)C1. The lowest BCUT2D eigenvalue weighted by Crippen LogP contribution is -2.52. The molecule has 3 heterocycles. The number of carbonyl (C=O) groups excluding carboxylic acids is 2. The summed E-state index contributed by atoms with van der Waals surface area (Å²) < 4.78 is 5.22. The van der Waals surface area contributed by atoms with E-state index in [0.717, 1.165) is 26.1 Å². The molecule has 8 heteroatoms. The quantitative estimate of drug-likeness (QED) is 0.762. The fraction of sp³-hybridized carbons (Fsp3) is 0.400. The number of carbonyl (C=O) groups is 2. The van der Waals surface area contributed by atoms with Crippen LogP contribution in [-0.4, -0.2) is 71.8 Å². The molecule has 0 saturated carbocycles. The molecule has 1 aromatic heterocycles. The number of nitrogens with zero attached hydrogens (tertiary/aromatic N) is 3. The van der Waals surface area contributed by atoms with Crippen molar-refractivity contribution in [3.8, 4) is 0 Å². The summed E-state index contributed by atoms with van der Waals surface area (Å²) in [5.74, 6) is 0.194. The zero-order chi connectivity index (χ0) is 19.7. The molecule has 0 aliphatic carbocycles. The van der Waals surface area contributed by atoms with Gasteiger partial charge in [0.2, 0.25) is 0 Å². The van der Waals surface area contributed by atoms with E-state index in [1.54, 1.807) is 41.3 Å². The average Bonchev–Trinajstić information content (AvgIpc) is 3.37. The molecule has 28 heavy (non-hydrogen) atoms. The van der Waals surface area contributed by atoms with E-state index in [1.807, 2.05) is 4.90 Å². The van der Waals surface area contributed by atoms with Crippen molar-refractivity contribution in [1.29, 1.82) is 0 Å². The number of hydrogen-bond acceptors (Lipinski definition) is 4. The molecule has 6 nitrogen and oxygen atoms in total. The Labute approximate surface area is 173 Å². The molecule has 2 aliphatic heterocycles. The van der Waals surface area contributed by atoms with Gasteiger partial charge in [0.15, 0.2) is 11.0 Å². The zero-order valence-electron chi connectivity index (χ0n) is 15.3. The number of halogens is 2. The van der Waals surface area contributed by atoms with Crippen molar-refractivity contribution >= 4 is 35.0 Å². The fourth-order valence-corrected chi connectivity index (χ4v) is 4.15. The number of furan rings is 1. The molecular formula is C20H21Cl2N3O3. The third-order valence-corrected chi connectivity index (χ3v) is 5.90. The molecule has 0 bridgehead atoms. The van der Waals surface area contributed by atoms with Gasteiger partial charge in [0, 0.05) is 55.9 Å². The van der Waals surface area contributed by atoms with Gasteiger partial charge in [0.1, 0.15) is 0 Å². The minimum Gasteiger partial charge on any atom is -0.440 e. The smallest absolute Gasteiger partial charge is 0.289 e. The predicted octanol–water partition coefficient (Wildman–Crippen LogP) is 3.26. The van der Waals surface area contributed by atoms with Gasteiger partial charge in [-0.05, 0) is 54.4 Å². The summed E-state index contributed by atoms with van der Waals surface area (Å²) in [4.78, 5) is 31.2. The maximum atomic E-state index is 12.7. The summed E-state index contributed by atoms with van der Waals surface area (Å²) in [5, 5.41) is 0.846. The first-order chi connectivity index (χ1) is 13.5. The van der Waals surface area contributed by atoms with Crippen LogP contribution in [0.15, 0.2) is 40.8 Å². The molecule has 0 radical (unpaired) electrons. The largest absolute Gasteiger partial charge is 0.440 e. The molecule has 0 N–H and O–H groups in total. The van der Waals surface area contributed by atoms with E-state index in [9.17, 15) is 9.59 Å². The van der Waals surface area contributed by atoms with E-state index in [0.29, 0.717) is 36.3 Å². The van der Waals surface area contributed by atoms with Crippen LogP contribution in [0.3, 0.4) is 0 Å². The standard InChI is InChI=1S/C20H21Cl2N3O3/c21-15-3-1-14(2-4-15)19(26)25-8-7-16(13-25)23-9-11-24(12-10-23)20(27)17-5-6-18(22)28-17/h1-6,16H,7-13H2/t16-/m1/s1. The lowest BCUT2D eigenvalue weighted by Gasteiger charge is -2.37. The van der Waals surface area contributed by atoms with E-state index >= 15 is 0 Å². The lowest BCUT2D eigenvalue weighted by atomic mass is 10.2. The lowest BCUT2D eigenvalue weighted by molar-refractivity contribution is 0.0541. The Kier molecular flexibility index (Phi) is 5.62. The Hall–Kier alpha value is -2.02. The molecular weight excluding hydrogens is 401 g/mol. The minimum atomic E-state index is -0.127. The Morgan fingerprint density at radius 2 is 1.57 bits per heavy atom. The molecule has 0 spiro atoms.